The number of nitro benzene ring substituents is 1. The monoisotopic (exact) mass is 248 g/mol. The smallest absolute Gasteiger partial charge is 0.292 e. The van der Waals surface area contributed by atoms with Crippen LogP contribution in [0.1, 0.15) is 25.0 Å². The molecule has 1 heterocycles. The highest BCUT2D eigenvalue weighted by Crippen LogP contribution is 2.31. The molecule has 0 radical (unpaired) electrons. The van der Waals surface area contributed by atoms with Crippen LogP contribution in [-0.4, -0.2) is 23.1 Å². The van der Waals surface area contributed by atoms with Crippen molar-refractivity contribution < 1.29 is 10.0 Å². The third-order valence-corrected chi connectivity index (χ3v) is 3.08. The summed E-state index contributed by atoms with van der Waals surface area (Å²) in [5.74, 6) is 0. The molecule has 5 nitrogen and oxygen atoms in total. The minimum atomic E-state index is -0.695. The highest BCUT2D eigenvalue weighted by atomic mass is 16.6. The molecule has 2 rings (SSSR count). The fourth-order valence-corrected chi connectivity index (χ4v) is 2.07. The van der Waals surface area contributed by atoms with Crippen LogP contribution in [0.5, 0.6) is 0 Å². The number of aliphatic hydroxyl groups is 1. The predicted octanol–water partition coefficient (Wildman–Crippen LogP) is 2.41. The number of aliphatic hydroxyl groups excluding tert-OH is 1. The summed E-state index contributed by atoms with van der Waals surface area (Å²) in [6.07, 6.45) is 4.29. The largest absolute Gasteiger partial charge is 0.389 e. The first-order valence-corrected chi connectivity index (χ1v) is 5.96. The molecule has 96 valence electrons. The molecule has 1 atom stereocenters. The standard InChI is InChI=1S/C13H16N2O3/c1-10(16)11-5-6-12(13(9-11)15(17)18)14-7-3-2-4-8-14/h2-3,5-6,9-10,16H,4,7-8H2,1H3/t10-/m0/s1. The van der Waals surface area contributed by atoms with Gasteiger partial charge in [-0.05, 0) is 25.0 Å². The highest BCUT2D eigenvalue weighted by Gasteiger charge is 2.21. The maximum Gasteiger partial charge on any atom is 0.292 e. The van der Waals surface area contributed by atoms with Crippen molar-refractivity contribution in [2.75, 3.05) is 18.0 Å². The van der Waals surface area contributed by atoms with Crippen LogP contribution in [-0.2, 0) is 0 Å². The average Bonchev–Trinajstić information content (AvgIpc) is 2.39. The fraction of sp³-hybridized carbons (Fsp3) is 0.385. The molecule has 5 heteroatoms. The van der Waals surface area contributed by atoms with Crippen molar-refractivity contribution in [3.63, 3.8) is 0 Å². The normalized spacial score (nSPS) is 16.7. The third-order valence-electron chi connectivity index (χ3n) is 3.08. The summed E-state index contributed by atoms with van der Waals surface area (Å²) in [5, 5.41) is 20.6. The van der Waals surface area contributed by atoms with Crippen LogP contribution in [0, 0.1) is 10.1 Å². The maximum atomic E-state index is 11.1. The Bertz CT molecular complexity index is 483. The van der Waals surface area contributed by atoms with Gasteiger partial charge in [-0.15, -0.1) is 0 Å². The van der Waals surface area contributed by atoms with Crippen LogP contribution < -0.4 is 4.90 Å². The van der Waals surface area contributed by atoms with Crippen molar-refractivity contribution in [1.29, 1.82) is 0 Å². The molecule has 1 aliphatic heterocycles. The first-order chi connectivity index (χ1) is 8.59. The van der Waals surface area contributed by atoms with Gasteiger partial charge in [0, 0.05) is 19.2 Å². The average molecular weight is 248 g/mol. The molecule has 0 aromatic heterocycles. The zero-order valence-corrected chi connectivity index (χ0v) is 10.2. The topological polar surface area (TPSA) is 66.6 Å². The van der Waals surface area contributed by atoms with E-state index in [0.29, 0.717) is 17.8 Å². The molecule has 1 aliphatic rings. The summed E-state index contributed by atoms with van der Waals surface area (Å²) >= 11 is 0. The molecule has 0 amide bonds. The molecular formula is C13H16N2O3. The third kappa shape index (κ3) is 2.51. The quantitative estimate of drug-likeness (QED) is 0.506. The summed E-state index contributed by atoms with van der Waals surface area (Å²) in [5.41, 5.74) is 1.25. The number of benzene rings is 1. The van der Waals surface area contributed by atoms with Gasteiger partial charge in [0.2, 0.25) is 0 Å². The van der Waals surface area contributed by atoms with Crippen LogP contribution >= 0.6 is 0 Å². The van der Waals surface area contributed by atoms with Crippen LogP contribution in [0.3, 0.4) is 0 Å². The van der Waals surface area contributed by atoms with E-state index in [1.165, 1.54) is 6.07 Å². The van der Waals surface area contributed by atoms with E-state index >= 15 is 0 Å². The summed E-state index contributed by atoms with van der Waals surface area (Å²) in [6, 6.07) is 4.92. The zero-order chi connectivity index (χ0) is 13.1. The van der Waals surface area contributed by atoms with Crippen LogP contribution in [0.15, 0.2) is 30.4 Å². The Morgan fingerprint density at radius 1 is 1.44 bits per heavy atom. The number of hydrogen-bond acceptors (Lipinski definition) is 4. The first kappa shape index (κ1) is 12.6. The molecule has 0 saturated heterocycles. The van der Waals surface area contributed by atoms with Gasteiger partial charge >= 0.3 is 0 Å². The minimum absolute atomic E-state index is 0.0590. The zero-order valence-electron chi connectivity index (χ0n) is 10.2. The minimum Gasteiger partial charge on any atom is -0.389 e. The lowest BCUT2D eigenvalue weighted by atomic mass is 10.1. The van der Waals surface area contributed by atoms with E-state index in [1.807, 2.05) is 11.0 Å². The molecule has 0 saturated carbocycles. The molecule has 18 heavy (non-hydrogen) atoms. The molecule has 0 bridgehead atoms. The number of rotatable bonds is 3. The molecule has 0 unspecified atom stereocenters. The Kier molecular flexibility index (Phi) is 3.62. The Morgan fingerprint density at radius 2 is 2.22 bits per heavy atom. The van der Waals surface area contributed by atoms with Gasteiger partial charge in [0.25, 0.3) is 5.69 Å². The van der Waals surface area contributed by atoms with E-state index < -0.39 is 6.10 Å². The van der Waals surface area contributed by atoms with Gasteiger partial charge < -0.3 is 10.0 Å². The lowest BCUT2D eigenvalue weighted by Crippen LogP contribution is -2.27. The fourth-order valence-electron chi connectivity index (χ4n) is 2.07. The summed E-state index contributed by atoms with van der Waals surface area (Å²) in [4.78, 5) is 12.7. The Labute approximate surface area is 105 Å². The van der Waals surface area contributed by atoms with Crippen molar-refractivity contribution >= 4 is 11.4 Å². The number of nitrogens with zero attached hydrogens (tertiary/aromatic N) is 2. The van der Waals surface area contributed by atoms with E-state index in [0.717, 1.165) is 13.0 Å². The van der Waals surface area contributed by atoms with Gasteiger partial charge in [-0.25, -0.2) is 0 Å². The molecule has 1 aromatic rings. The molecule has 0 spiro atoms. The second-order valence-corrected chi connectivity index (χ2v) is 4.39. The summed E-state index contributed by atoms with van der Waals surface area (Å²) in [6.45, 7) is 3.07. The van der Waals surface area contributed by atoms with Crippen LogP contribution in [0.4, 0.5) is 11.4 Å². The van der Waals surface area contributed by atoms with Gasteiger partial charge in [0.1, 0.15) is 5.69 Å². The van der Waals surface area contributed by atoms with E-state index in [-0.39, 0.29) is 10.6 Å². The number of anilines is 1. The second-order valence-electron chi connectivity index (χ2n) is 4.39. The van der Waals surface area contributed by atoms with Gasteiger partial charge in [-0.1, -0.05) is 18.2 Å². The SMILES string of the molecule is C[C@H](O)c1ccc(N2CC=CCC2)c([N+](=O)[O-])c1. The maximum absolute atomic E-state index is 11.1. The van der Waals surface area contributed by atoms with E-state index in [1.54, 1.807) is 19.1 Å². The van der Waals surface area contributed by atoms with Gasteiger partial charge in [-0.2, -0.15) is 0 Å². The van der Waals surface area contributed by atoms with Crippen molar-refractivity contribution in [3.8, 4) is 0 Å². The van der Waals surface area contributed by atoms with Crippen molar-refractivity contribution in [1.82, 2.24) is 0 Å². The summed E-state index contributed by atoms with van der Waals surface area (Å²) < 4.78 is 0. The molecular weight excluding hydrogens is 232 g/mol. The molecule has 1 N–H and O–H groups in total. The number of nitro groups is 1. The van der Waals surface area contributed by atoms with E-state index in [2.05, 4.69) is 6.08 Å². The first-order valence-electron chi connectivity index (χ1n) is 5.96. The lowest BCUT2D eigenvalue weighted by molar-refractivity contribution is -0.384. The van der Waals surface area contributed by atoms with Crippen LogP contribution in [0.2, 0.25) is 0 Å². The lowest BCUT2D eigenvalue weighted by Gasteiger charge is -2.25. The summed E-state index contributed by atoms with van der Waals surface area (Å²) in [7, 11) is 0. The Morgan fingerprint density at radius 3 is 2.78 bits per heavy atom. The van der Waals surface area contributed by atoms with Crippen molar-refractivity contribution in [2.24, 2.45) is 0 Å². The predicted molar refractivity (Wildman–Crippen MR) is 69.7 cm³/mol. The Hall–Kier alpha value is -1.88. The second kappa shape index (κ2) is 5.18. The van der Waals surface area contributed by atoms with Crippen molar-refractivity contribution in [3.05, 3.63) is 46.0 Å². The van der Waals surface area contributed by atoms with Gasteiger partial charge in [0.05, 0.1) is 11.0 Å². The molecule has 0 aliphatic carbocycles. The van der Waals surface area contributed by atoms with Crippen molar-refractivity contribution in [2.45, 2.75) is 19.4 Å². The number of hydrogen-bond donors (Lipinski definition) is 1. The molecule has 1 aromatic carbocycles. The van der Waals surface area contributed by atoms with E-state index in [9.17, 15) is 15.2 Å². The molecule has 0 fully saturated rings. The highest BCUT2D eigenvalue weighted by molar-refractivity contribution is 5.65. The van der Waals surface area contributed by atoms with Crippen LogP contribution in [0.25, 0.3) is 0 Å². The van der Waals surface area contributed by atoms with Gasteiger partial charge in [0.15, 0.2) is 0 Å². The van der Waals surface area contributed by atoms with E-state index in [4.69, 9.17) is 0 Å². The van der Waals surface area contributed by atoms with Gasteiger partial charge in [-0.3, -0.25) is 10.1 Å². The Balaban J connectivity index is 2.40.